The maximum atomic E-state index is 15.1. The number of phenolic OH excluding ortho intramolecular Hbond substituents is 1. The molecule has 156 valence electrons. The van der Waals surface area contributed by atoms with E-state index in [2.05, 4.69) is 32.4 Å². The van der Waals surface area contributed by atoms with E-state index in [9.17, 15) is 5.11 Å². The van der Waals surface area contributed by atoms with Crippen LogP contribution in [0.25, 0.3) is 22.4 Å². The molecule has 2 aromatic heterocycles. The molecule has 1 aromatic carbocycles. The molecule has 2 saturated heterocycles. The second-order valence-electron chi connectivity index (χ2n) is 8.82. The van der Waals surface area contributed by atoms with Crippen molar-refractivity contribution in [3.8, 4) is 34.0 Å². The van der Waals surface area contributed by atoms with Gasteiger partial charge in [0.2, 0.25) is 5.88 Å². The fourth-order valence-corrected chi connectivity index (χ4v) is 4.78. The van der Waals surface area contributed by atoms with E-state index >= 15 is 4.39 Å². The molecule has 4 atom stereocenters. The number of piperidine rings is 1. The number of ether oxygens (including phenoxy) is 1. The molecule has 2 bridgehead atoms. The quantitative estimate of drug-likeness (QED) is 0.609. The van der Waals surface area contributed by atoms with E-state index in [0.717, 1.165) is 24.0 Å². The molecule has 2 fully saturated rings. The number of nitrogens with zero attached hydrogens (tertiary/aromatic N) is 3. The summed E-state index contributed by atoms with van der Waals surface area (Å²) in [5.41, 5.74) is 2.12. The number of hydrogen-bond donors (Lipinski definition) is 3. The third-order valence-electron chi connectivity index (χ3n) is 6.38. The highest BCUT2D eigenvalue weighted by Crippen LogP contribution is 2.44. The van der Waals surface area contributed by atoms with Crippen molar-refractivity contribution < 1.29 is 14.2 Å². The Morgan fingerprint density at radius 3 is 2.70 bits per heavy atom. The van der Waals surface area contributed by atoms with Gasteiger partial charge in [-0.25, -0.2) is 14.4 Å². The molecule has 5 rings (SSSR count). The van der Waals surface area contributed by atoms with Crippen molar-refractivity contribution in [2.24, 2.45) is 0 Å². The molecule has 7 nitrogen and oxygen atoms in total. The van der Waals surface area contributed by atoms with Crippen LogP contribution in [-0.4, -0.2) is 48.6 Å². The fraction of sp³-hybridized carbons (Fsp3) is 0.409. The summed E-state index contributed by atoms with van der Waals surface area (Å²) < 4.78 is 21.0. The molecule has 3 N–H and O–H groups in total. The van der Waals surface area contributed by atoms with Crippen LogP contribution in [0.3, 0.4) is 0 Å². The van der Waals surface area contributed by atoms with Gasteiger partial charge in [0.1, 0.15) is 11.9 Å². The summed E-state index contributed by atoms with van der Waals surface area (Å²) in [6.45, 7) is 4.04. The van der Waals surface area contributed by atoms with Gasteiger partial charge in [-0.1, -0.05) is 6.07 Å². The molecule has 0 radical (unpaired) electrons. The molecule has 2 aliphatic rings. The highest BCUT2D eigenvalue weighted by molar-refractivity contribution is 5.73. The standard InChI is InChI=1S/C22H24FN5O2/c1-21-5-6-22(2,28-21)20(23)18(8-21)30-19-12-24-16(11-25-19)15-4-3-13(7-17(15)29)14-9-26-27-10-14/h3-4,7,9-12,18,20,28-29H,5-6,8H2,1-2H3,(H,26,27)/t18-,20+,21-,22+/m0/s1. The van der Waals surface area contributed by atoms with Gasteiger partial charge in [-0.2, -0.15) is 5.10 Å². The lowest BCUT2D eigenvalue weighted by molar-refractivity contribution is -0.00927. The summed E-state index contributed by atoms with van der Waals surface area (Å²) in [6, 6.07) is 5.32. The Morgan fingerprint density at radius 2 is 2.00 bits per heavy atom. The lowest BCUT2D eigenvalue weighted by atomic mass is 9.85. The lowest BCUT2D eigenvalue weighted by Gasteiger charge is -2.43. The Labute approximate surface area is 173 Å². The van der Waals surface area contributed by atoms with Gasteiger partial charge in [0.15, 0.2) is 6.17 Å². The molecule has 0 amide bonds. The number of aromatic amines is 1. The first-order chi connectivity index (χ1) is 14.4. The van der Waals surface area contributed by atoms with E-state index in [-0.39, 0.29) is 17.2 Å². The average molecular weight is 409 g/mol. The molecule has 8 heteroatoms. The van der Waals surface area contributed by atoms with E-state index in [4.69, 9.17) is 4.74 Å². The molecule has 0 saturated carbocycles. The summed E-state index contributed by atoms with van der Waals surface area (Å²) in [5.74, 6) is 0.380. The van der Waals surface area contributed by atoms with E-state index in [0.29, 0.717) is 17.7 Å². The summed E-state index contributed by atoms with van der Waals surface area (Å²) in [5, 5.41) is 20.6. The van der Waals surface area contributed by atoms with Gasteiger partial charge in [0.25, 0.3) is 0 Å². The first-order valence-corrected chi connectivity index (χ1v) is 10.1. The molecule has 4 heterocycles. The van der Waals surface area contributed by atoms with E-state index in [1.165, 1.54) is 12.4 Å². The second-order valence-corrected chi connectivity index (χ2v) is 8.82. The zero-order chi connectivity index (χ0) is 20.9. The normalized spacial score (nSPS) is 30.4. The number of benzene rings is 1. The monoisotopic (exact) mass is 409 g/mol. The Kier molecular flexibility index (Phi) is 4.28. The van der Waals surface area contributed by atoms with Crippen molar-refractivity contribution in [3.05, 3.63) is 43.0 Å². The number of fused-ring (bicyclic) bond motifs is 2. The third-order valence-corrected chi connectivity index (χ3v) is 6.38. The molecule has 0 aliphatic carbocycles. The van der Waals surface area contributed by atoms with Crippen molar-refractivity contribution in [1.29, 1.82) is 0 Å². The largest absolute Gasteiger partial charge is 0.507 e. The zero-order valence-corrected chi connectivity index (χ0v) is 16.9. The van der Waals surface area contributed by atoms with Crippen molar-refractivity contribution in [2.75, 3.05) is 0 Å². The highest BCUT2D eigenvalue weighted by Gasteiger charge is 2.56. The van der Waals surface area contributed by atoms with E-state index in [1.54, 1.807) is 24.5 Å². The van der Waals surface area contributed by atoms with Gasteiger partial charge in [-0.15, -0.1) is 0 Å². The Balaban J connectivity index is 1.34. The first-order valence-electron chi connectivity index (χ1n) is 10.1. The summed E-state index contributed by atoms with van der Waals surface area (Å²) >= 11 is 0. The second kappa shape index (κ2) is 6.77. The van der Waals surface area contributed by atoms with Gasteiger partial charge in [-0.05, 0) is 44.4 Å². The molecule has 0 spiro atoms. The number of phenols is 1. The van der Waals surface area contributed by atoms with E-state index < -0.39 is 17.8 Å². The minimum Gasteiger partial charge on any atom is -0.507 e. The minimum absolute atomic E-state index is 0.0938. The number of H-pyrrole nitrogens is 1. The number of aromatic nitrogens is 4. The molecular formula is C22H24FN5O2. The van der Waals surface area contributed by atoms with Crippen LogP contribution in [-0.2, 0) is 0 Å². The van der Waals surface area contributed by atoms with Crippen molar-refractivity contribution in [1.82, 2.24) is 25.5 Å². The van der Waals surface area contributed by atoms with Crippen LogP contribution < -0.4 is 10.1 Å². The van der Waals surface area contributed by atoms with Crippen LogP contribution in [0.4, 0.5) is 4.39 Å². The number of nitrogens with one attached hydrogen (secondary N) is 2. The number of rotatable bonds is 4. The van der Waals surface area contributed by atoms with Crippen LogP contribution in [0.5, 0.6) is 11.6 Å². The van der Waals surface area contributed by atoms with Gasteiger partial charge in [0.05, 0.1) is 29.8 Å². The Hall–Kier alpha value is -3.00. The Morgan fingerprint density at radius 1 is 1.13 bits per heavy atom. The van der Waals surface area contributed by atoms with Crippen LogP contribution in [0, 0.1) is 0 Å². The van der Waals surface area contributed by atoms with Gasteiger partial charge in [0, 0.05) is 29.3 Å². The number of aromatic hydroxyl groups is 1. The van der Waals surface area contributed by atoms with Gasteiger partial charge < -0.3 is 15.2 Å². The van der Waals surface area contributed by atoms with Crippen LogP contribution in [0.2, 0.25) is 0 Å². The topological polar surface area (TPSA) is 96.0 Å². The van der Waals surface area contributed by atoms with Crippen LogP contribution >= 0.6 is 0 Å². The van der Waals surface area contributed by atoms with Gasteiger partial charge in [-0.3, -0.25) is 5.10 Å². The van der Waals surface area contributed by atoms with Crippen LogP contribution in [0.1, 0.15) is 33.1 Å². The predicted molar refractivity (Wildman–Crippen MR) is 110 cm³/mol. The summed E-state index contributed by atoms with van der Waals surface area (Å²) in [7, 11) is 0. The lowest BCUT2D eigenvalue weighted by Crippen LogP contribution is -2.63. The maximum absolute atomic E-state index is 15.1. The van der Waals surface area contributed by atoms with Crippen molar-refractivity contribution >= 4 is 0 Å². The third kappa shape index (κ3) is 3.21. The molecule has 0 unspecified atom stereocenters. The fourth-order valence-electron chi connectivity index (χ4n) is 4.78. The predicted octanol–water partition coefficient (Wildman–Crippen LogP) is 3.63. The number of alkyl halides is 1. The number of halogens is 1. The average Bonchev–Trinajstić information content (AvgIpc) is 3.34. The minimum atomic E-state index is -1.12. The number of hydrogen-bond acceptors (Lipinski definition) is 6. The smallest absolute Gasteiger partial charge is 0.232 e. The van der Waals surface area contributed by atoms with Gasteiger partial charge >= 0.3 is 0 Å². The maximum Gasteiger partial charge on any atom is 0.232 e. The van der Waals surface area contributed by atoms with E-state index in [1.807, 2.05) is 13.0 Å². The summed E-state index contributed by atoms with van der Waals surface area (Å²) in [6.07, 6.45) is 7.10. The molecule has 2 aliphatic heterocycles. The van der Waals surface area contributed by atoms with Crippen molar-refractivity contribution in [3.63, 3.8) is 0 Å². The van der Waals surface area contributed by atoms with Crippen LogP contribution in [0.15, 0.2) is 43.0 Å². The highest BCUT2D eigenvalue weighted by atomic mass is 19.1. The SMILES string of the molecule is C[C@@]12CC[C@@](C)(N1)[C@H](F)[C@@H](Oc1cnc(-c3ccc(-c4cn[nH]c4)cc3O)cn1)C2. The zero-order valence-electron chi connectivity index (χ0n) is 16.9. The Bertz CT molecular complexity index is 1060. The summed E-state index contributed by atoms with van der Waals surface area (Å²) in [4.78, 5) is 8.69. The van der Waals surface area contributed by atoms with Crippen molar-refractivity contribution in [2.45, 2.75) is 56.5 Å². The molecule has 3 aromatic rings. The first kappa shape index (κ1) is 19.0. The molecular weight excluding hydrogens is 385 g/mol. The molecule has 30 heavy (non-hydrogen) atoms.